The average molecular weight is 343 g/mol. The van der Waals surface area contributed by atoms with Crippen molar-refractivity contribution in [3.63, 3.8) is 0 Å². The lowest BCUT2D eigenvalue weighted by atomic mass is 9.85. The minimum Gasteiger partial charge on any atom is -0.439 e. The lowest BCUT2D eigenvalue weighted by Crippen LogP contribution is -2.37. The molecule has 1 fully saturated rings. The van der Waals surface area contributed by atoms with E-state index in [-0.39, 0.29) is 23.7 Å². The molecule has 1 amide bonds. The van der Waals surface area contributed by atoms with Crippen LogP contribution >= 0.6 is 0 Å². The van der Waals surface area contributed by atoms with Crippen LogP contribution in [0.5, 0.6) is 11.6 Å². The third kappa shape index (κ3) is 5.00. The lowest BCUT2D eigenvalue weighted by molar-refractivity contribution is -0.126. The Kier molecular flexibility index (Phi) is 5.60. The zero-order chi connectivity index (χ0) is 17.6. The summed E-state index contributed by atoms with van der Waals surface area (Å²) in [5.74, 6) is 0.461. The Balaban J connectivity index is 1.51. The molecule has 1 saturated carbocycles. The van der Waals surface area contributed by atoms with Gasteiger partial charge in [0.2, 0.25) is 11.8 Å². The molecule has 0 radical (unpaired) electrons. The minimum atomic E-state index is -0.362. The number of ether oxygens (including phenoxy) is 1. The van der Waals surface area contributed by atoms with Gasteiger partial charge in [-0.25, -0.2) is 9.37 Å². The van der Waals surface area contributed by atoms with Gasteiger partial charge in [0.1, 0.15) is 11.6 Å². The van der Waals surface area contributed by atoms with E-state index in [1.54, 1.807) is 24.4 Å². The van der Waals surface area contributed by atoms with E-state index in [4.69, 9.17) is 10.5 Å². The van der Waals surface area contributed by atoms with Crippen molar-refractivity contribution in [3.05, 3.63) is 54.0 Å². The van der Waals surface area contributed by atoms with E-state index < -0.39 is 0 Å². The summed E-state index contributed by atoms with van der Waals surface area (Å²) in [6.07, 6.45) is 5.30. The van der Waals surface area contributed by atoms with Crippen LogP contribution in [-0.4, -0.2) is 16.9 Å². The second-order valence-corrected chi connectivity index (χ2v) is 6.41. The normalized spacial score (nSPS) is 20.1. The van der Waals surface area contributed by atoms with Crippen LogP contribution in [-0.2, 0) is 11.3 Å². The average Bonchev–Trinajstić information content (AvgIpc) is 2.61. The van der Waals surface area contributed by atoms with Gasteiger partial charge < -0.3 is 15.8 Å². The molecular formula is C19H22FN3O2. The molecule has 6 heteroatoms. The number of pyridine rings is 1. The van der Waals surface area contributed by atoms with Gasteiger partial charge in [-0.3, -0.25) is 4.79 Å². The summed E-state index contributed by atoms with van der Waals surface area (Å²) < 4.78 is 18.6. The molecule has 2 aromatic rings. The van der Waals surface area contributed by atoms with Gasteiger partial charge in [-0.1, -0.05) is 18.6 Å². The van der Waals surface area contributed by atoms with Gasteiger partial charge in [0.05, 0.1) is 0 Å². The molecule has 2 unspecified atom stereocenters. The molecule has 1 aromatic heterocycles. The predicted molar refractivity (Wildman–Crippen MR) is 92.5 cm³/mol. The van der Waals surface area contributed by atoms with Crippen LogP contribution in [0.1, 0.15) is 31.2 Å². The van der Waals surface area contributed by atoms with Crippen LogP contribution in [0.2, 0.25) is 0 Å². The number of rotatable bonds is 5. The van der Waals surface area contributed by atoms with Gasteiger partial charge in [-0.15, -0.1) is 0 Å². The quantitative estimate of drug-likeness (QED) is 0.874. The van der Waals surface area contributed by atoms with Gasteiger partial charge in [0, 0.05) is 36.8 Å². The number of amides is 1. The van der Waals surface area contributed by atoms with Crippen molar-refractivity contribution >= 4 is 5.91 Å². The Hall–Kier alpha value is -2.47. The number of nitrogens with two attached hydrogens (primary N) is 1. The van der Waals surface area contributed by atoms with Crippen LogP contribution in [0, 0.1) is 11.7 Å². The zero-order valence-corrected chi connectivity index (χ0v) is 14.0. The number of nitrogens with zero attached hydrogens (tertiary/aromatic N) is 1. The zero-order valence-electron chi connectivity index (χ0n) is 14.0. The Morgan fingerprint density at radius 1 is 1.32 bits per heavy atom. The molecule has 1 aliphatic carbocycles. The number of hydrogen-bond acceptors (Lipinski definition) is 4. The maximum atomic E-state index is 13.1. The van der Waals surface area contributed by atoms with Crippen molar-refractivity contribution in [2.24, 2.45) is 11.7 Å². The van der Waals surface area contributed by atoms with Crippen molar-refractivity contribution in [2.45, 2.75) is 38.3 Å². The van der Waals surface area contributed by atoms with E-state index in [9.17, 15) is 9.18 Å². The monoisotopic (exact) mass is 343 g/mol. The second-order valence-electron chi connectivity index (χ2n) is 6.41. The van der Waals surface area contributed by atoms with Crippen molar-refractivity contribution < 1.29 is 13.9 Å². The summed E-state index contributed by atoms with van der Waals surface area (Å²) >= 11 is 0. The van der Waals surface area contributed by atoms with Gasteiger partial charge in [0.25, 0.3) is 0 Å². The van der Waals surface area contributed by atoms with Gasteiger partial charge in [0.15, 0.2) is 0 Å². The Morgan fingerprint density at radius 3 is 2.92 bits per heavy atom. The smallest absolute Gasteiger partial charge is 0.223 e. The predicted octanol–water partition coefficient (Wildman–Crippen LogP) is 3.15. The molecule has 1 aliphatic rings. The van der Waals surface area contributed by atoms with Crippen LogP contribution < -0.4 is 15.8 Å². The number of carbonyl (C=O) groups excluding carboxylic acids is 1. The molecular weight excluding hydrogens is 321 g/mol. The highest BCUT2D eigenvalue weighted by Crippen LogP contribution is 2.23. The maximum absolute atomic E-state index is 13.1. The van der Waals surface area contributed by atoms with E-state index in [0.29, 0.717) is 18.2 Å². The molecule has 2 atom stereocenters. The number of nitrogens with one attached hydrogen (secondary N) is 1. The first-order chi connectivity index (χ1) is 12.1. The summed E-state index contributed by atoms with van der Waals surface area (Å²) in [4.78, 5) is 16.4. The minimum absolute atomic E-state index is 0.00675. The van der Waals surface area contributed by atoms with Crippen molar-refractivity contribution in [3.8, 4) is 11.6 Å². The molecule has 0 aliphatic heterocycles. The Labute approximate surface area is 146 Å². The van der Waals surface area contributed by atoms with E-state index in [0.717, 1.165) is 31.2 Å². The highest BCUT2D eigenvalue weighted by Gasteiger charge is 2.24. The standard InChI is InChI=1S/C19H22FN3O2/c20-15-4-2-6-17(10-15)25-18-8-7-13(11-22-18)12-23-19(24)14-3-1-5-16(21)9-14/h2,4,6-8,10-11,14,16H,1,3,5,9,12,21H2,(H,23,24). The van der Waals surface area contributed by atoms with Crippen molar-refractivity contribution in [1.29, 1.82) is 0 Å². The summed E-state index contributed by atoms with van der Waals surface area (Å²) in [6.45, 7) is 0.415. The largest absolute Gasteiger partial charge is 0.439 e. The van der Waals surface area contributed by atoms with E-state index in [1.165, 1.54) is 12.1 Å². The van der Waals surface area contributed by atoms with Gasteiger partial charge >= 0.3 is 0 Å². The van der Waals surface area contributed by atoms with E-state index in [2.05, 4.69) is 10.3 Å². The van der Waals surface area contributed by atoms with Crippen LogP contribution in [0.4, 0.5) is 4.39 Å². The summed E-state index contributed by atoms with van der Waals surface area (Å²) in [6, 6.07) is 9.54. The number of hydrogen-bond donors (Lipinski definition) is 2. The summed E-state index contributed by atoms with van der Waals surface area (Å²) in [5, 5.41) is 2.94. The fourth-order valence-corrected chi connectivity index (χ4v) is 3.03. The third-order valence-electron chi connectivity index (χ3n) is 4.37. The highest BCUT2D eigenvalue weighted by molar-refractivity contribution is 5.78. The molecule has 0 saturated heterocycles. The molecule has 1 aromatic carbocycles. The maximum Gasteiger partial charge on any atom is 0.223 e. The first-order valence-corrected chi connectivity index (χ1v) is 8.52. The fourth-order valence-electron chi connectivity index (χ4n) is 3.03. The second kappa shape index (κ2) is 8.07. The summed E-state index contributed by atoms with van der Waals surface area (Å²) in [7, 11) is 0. The number of carbonyl (C=O) groups is 1. The molecule has 25 heavy (non-hydrogen) atoms. The van der Waals surface area contributed by atoms with Crippen LogP contribution in [0.25, 0.3) is 0 Å². The fraction of sp³-hybridized carbons (Fsp3) is 0.368. The number of aromatic nitrogens is 1. The van der Waals surface area contributed by atoms with Crippen LogP contribution in [0.15, 0.2) is 42.6 Å². The van der Waals surface area contributed by atoms with Gasteiger partial charge in [-0.05, 0) is 37.0 Å². The van der Waals surface area contributed by atoms with Crippen molar-refractivity contribution in [1.82, 2.24) is 10.3 Å². The lowest BCUT2D eigenvalue weighted by Gasteiger charge is -2.25. The Morgan fingerprint density at radius 2 is 2.20 bits per heavy atom. The van der Waals surface area contributed by atoms with Crippen LogP contribution in [0.3, 0.4) is 0 Å². The Bertz CT molecular complexity index is 721. The van der Waals surface area contributed by atoms with Gasteiger partial charge in [-0.2, -0.15) is 0 Å². The van der Waals surface area contributed by atoms with E-state index in [1.807, 2.05) is 6.07 Å². The SMILES string of the molecule is NC1CCCC(C(=O)NCc2ccc(Oc3cccc(F)c3)nc2)C1. The third-order valence-corrected chi connectivity index (χ3v) is 4.37. The molecule has 0 spiro atoms. The number of halogens is 1. The molecule has 0 bridgehead atoms. The molecule has 1 heterocycles. The first-order valence-electron chi connectivity index (χ1n) is 8.52. The van der Waals surface area contributed by atoms with E-state index >= 15 is 0 Å². The molecule has 132 valence electrons. The topological polar surface area (TPSA) is 77.2 Å². The number of benzene rings is 1. The molecule has 3 rings (SSSR count). The molecule has 5 nitrogen and oxygen atoms in total. The summed E-state index contributed by atoms with van der Waals surface area (Å²) in [5.41, 5.74) is 6.81. The first kappa shape index (κ1) is 17.4. The highest BCUT2D eigenvalue weighted by atomic mass is 19.1. The molecule has 3 N–H and O–H groups in total. The van der Waals surface area contributed by atoms with Crippen molar-refractivity contribution in [2.75, 3.05) is 0 Å².